The maximum Gasteiger partial charge on any atom is 0.416 e. The molecule has 0 heterocycles. The van der Waals surface area contributed by atoms with E-state index in [-0.39, 0.29) is 48.5 Å². The summed E-state index contributed by atoms with van der Waals surface area (Å²) < 4.78 is 336. The third-order valence-corrected chi connectivity index (χ3v) is 13.6. The first-order chi connectivity index (χ1) is 26.3. The topological polar surface area (TPSA) is 0 Å². The van der Waals surface area contributed by atoms with E-state index in [4.69, 9.17) is 0 Å². The van der Waals surface area contributed by atoms with Crippen molar-refractivity contribution in [1.29, 1.82) is 0 Å². The van der Waals surface area contributed by atoms with Gasteiger partial charge in [0.05, 0.1) is 44.5 Å². The molecule has 4 rings (SSSR count). The number of rotatable bonds is 6. The lowest BCUT2D eigenvalue weighted by molar-refractivity contribution is -0.144. The standard InChI is InChI=1S/C33H14F24P2/c34-26(35,36)14-1-15(27(37,38)39)6-22(5-14)58(23-7-16(28(40,41)42)2-17(8-23)29(43,44)45)13-59(24-9-18(30(46,47)48)3-19(10-24)31(49,50)51)25-11-20(32(52,53)54)4-21(12-25)33(55,56)57/h1-12H,13H2. The van der Waals surface area contributed by atoms with Gasteiger partial charge in [-0.2, -0.15) is 105 Å². The van der Waals surface area contributed by atoms with Crippen LogP contribution in [-0.4, -0.2) is 5.90 Å². The lowest BCUT2D eigenvalue weighted by Crippen LogP contribution is -2.26. The Bertz CT molecular complexity index is 1730. The van der Waals surface area contributed by atoms with Gasteiger partial charge >= 0.3 is 49.4 Å². The number of alkyl halides is 24. The minimum Gasteiger partial charge on any atom is -0.166 e. The maximum atomic E-state index is 14.0. The number of hydrogen-bond acceptors (Lipinski definition) is 0. The van der Waals surface area contributed by atoms with Crippen LogP contribution in [0.4, 0.5) is 105 Å². The molecule has 0 aliphatic heterocycles. The first kappa shape index (κ1) is 47.7. The molecule has 26 heteroatoms. The lowest BCUT2D eigenvalue weighted by atomic mass is 10.1. The van der Waals surface area contributed by atoms with Gasteiger partial charge in [0.25, 0.3) is 0 Å². The zero-order valence-corrected chi connectivity index (χ0v) is 29.4. The van der Waals surface area contributed by atoms with E-state index in [1.54, 1.807) is 0 Å². The van der Waals surface area contributed by atoms with Gasteiger partial charge in [0.1, 0.15) is 0 Å². The van der Waals surface area contributed by atoms with Gasteiger partial charge in [-0.25, -0.2) is 0 Å². The zero-order valence-electron chi connectivity index (χ0n) is 27.6. The summed E-state index contributed by atoms with van der Waals surface area (Å²) in [5.41, 5.74) is -18.6. The van der Waals surface area contributed by atoms with E-state index in [0.717, 1.165) is 0 Å². The lowest BCUT2D eigenvalue weighted by Gasteiger charge is -2.30. The first-order valence-corrected chi connectivity index (χ1v) is 18.0. The molecule has 0 fully saturated rings. The molecule has 0 saturated carbocycles. The number of benzene rings is 4. The van der Waals surface area contributed by atoms with Crippen molar-refractivity contribution in [2.24, 2.45) is 0 Å². The van der Waals surface area contributed by atoms with Gasteiger partial charge in [-0.15, -0.1) is 0 Å². The fraction of sp³-hybridized carbons (Fsp3) is 0.273. The third-order valence-electron chi connectivity index (χ3n) is 7.82. The van der Waals surface area contributed by atoms with Crippen molar-refractivity contribution in [3.05, 3.63) is 117 Å². The van der Waals surface area contributed by atoms with Crippen molar-refractivity contribution < 1.29 is 105 Å². The Morgan fingerprint density at radius 2 is 0.339 bits per heavy atom. The Labute approximate surface area is 315 Å². The van der Waals surface area contributed by atoms with E-state index >= 15 is 0 Å². The molecule has 0 aliphatic carbocycles. The molecule has 0 nitrogen and oxygen atoms in total. The smallest absolute Gasteiger partial charge is 0.166 e. The van der Waals surface area contributed by atoms with Crippen molar-refractivity contribution in [3.8, 4) is 0 Å². The summed E-state index contributed by atoms with van der Waals surface area (Å²) in [7, 11) is -7.88. The van der Waals surface area contributed by atoms with Gasteiger partial charge in [-0.3, -0.25) is 0 Å². The van der Waals surface area contributed by atoms with E-state index in [0.29, 0.717) is 0 Å². The summed E-state index contributed by atoms with van der Waals surface area (Å²) in [6.07, 6.45) is -46.7. The van der Waals surface area contributed by atoms with Crippen LogP contribution >= 0.6 is 15.8 Å². The summed E-state index contributed by atoms with van der Waals surface area (Å²) in [6.45, 7) is 0. The fourth-order valence-electron chi connectivity index (χ4n) is 5.14. The second-order valence-corrected chi connectivity index (χ2v) is 17.0. The van der Waals surface area contributed by atoms with Gasteiger partial charge in [-0.1, -0.05) is 0 Å². The number of hydrogen-bond donors (Lipinski definition) is 0. The highest BCUT2D eigenvalue weighted by molar-refractivity contribution is 7.88. The summed E-state index contributed by atoms with van der Waals surface area (Å²) in [4.78, 5) is 0. The van der Waals surface area contributed by atoms with Crippen LogP contribution in [0.3, 0.4) is 0 Å². The van der Waals surface area contributed by atoms with Crippen LogP contribution in [0, 0.1) is 0 Å². The van der Waals surface area contributed by atoms with E-state index in [1.165, 1.54) is 0 Å². The van der Waals surface area contributed by atoms with Crippen LogP contribution in [0.15, 0.2) is 72.8 Å². The van der Waals surface area contributed by atoms with Crippen LogP contribution in [-0.2, 0) is 49.4 Å². The fourth-order valence-corrected chi connectivity index (χ4v) is 11.8. The normalized spacial score (nSPS) is 14.1. The van der Waals surface area contributed by atoms with Crippen LogP contribution in [0.2, 0.25) is 0 Å². The SMILES string of the molecule is FC(F)(F)c1cc(P(CP(c2cc(C(F)(F)F)cc(C(F)(F)F)c2)c2cc(C(F)(F)F)cc(C(F)(F)F)c2)c2cc(C(F)(F)F)cc(C(F)(F)F)c2)cc(C(F)(F)F)c1. The Morgan fingerprint density at radius 3 is 0.441 bits per heavy atom. The molecule has 0 amide bonds. The van der Waals surface area contributed by atoms with E-state index < -0.39 is 161 Å². The largest absolute Gasteiger partial charge is 0.416 e. The van der Waals surface area contributed by atoms with Crippen LogP contribution in [0.5, 0.6) is 0 Å². The van der Waals surface area contributed by atoms with Crippen LogP contribution in [0.25, 0.3) is 0 Å². The summed E-state index contributed by atoms with van der Waals surface area (Å²) in [6, 6.07) is -4.71. The molecule has 0 spiro atoms. The minimum absolute atomic E-state index is 0.289. The number of halogens is 24. The molecule has 0 atom stereocenters. The second-order valence-electron chi connectivity index (χ2n) is 12.1. The molecule has 59 heavy (non-hydrogen) atoms. The average Bonchev–Trinajstić information content (AvgIpc) is 3.04. The molecule has 324 valence electrons. The predicted octanol–water partition coefficient (Wildman–Crippen LogP) is 13.4. The maximum absolute atomic E-state index is 14.0. The van der Waals surface area contributed by atoms with Crippen molar-refractivity contribution in [3.63, 3.8) is 0 Å². The highest BCUT2D eigenvalue weighted by Gasteiger charge is 2.44. The highest BCUT2D eigenvalue weighted by atomic mass is 31.2. The predicted molar refractivity (Wildman–Crippen MR) is 163 cm³/mol. The van der Waals surface area contributed by atoms with Gasteiger partial charge in [0.2, 0.25) is 0 Å². The summed E-state index contributed by atoms with van der Waals surface area (Å²) in [5, 5.41) is -6.19. The molecule has 4 aromatic rings. The summed E-state index contributed by atoms with van der Waals surface area (Å²) in [5.74, 6) is -1.85. The van der Waals surface area contributed by atoms with Crippen molar-refractivity contribution in [2.45, 2.75) is 49.4 Å². The van der Waals surface area contributed by atoms with E-state index in [9.17, 15) is 105 Å². The van der Waals surface area contributed by atoms with E-state index in [1.807, 2.05) is 0 Å². The minimum atomic E-state index is -5.84. The molecule has 0 aromatic heterocycles. The first-order valence-electron chi connectivity index (χ1n) is 15.0. The van der Waals surface area contributed by atoms with Crippen molar-refractivity contribution in [2.75, 3.05) is 5.90 Å². The molecular formula is C33H14F24P2. The van der Waals surface area contributed by atoms with Crippen LogP contribution in [0.1, 0.15) is 44.5 Å². The molecule has 0 bridgehead atoms. The highest BCUT2D eigenvalue weighted by Crippen LogP contribution is 2.53. The Morgan fingerprint density at radius 1 is 0.220 bits per heavy atom. The molecule has 0 unspecified atom stereocenters. The zero-order chi connectivity index (χ0) is 45.3. The molecule has 0 aliphatic rings. The molecule has 0 N–H and O–H groups in total. The molecule has 0 saturated heterocycles. The van der Waals surface area contributed by atoms with E-state index in [2.05, 4.69) is 0 Å². The molecule has 4 aromatic carbocycles. The van der Waals surface area contributed by atoms with Gasteiger partial charge in [0.15, 0.2) is 0 Å². The molecule has 0 radical (unpaired) electrons. The quantitative estimate of drug-likeness (QED) is 0.134. The third kappa shape index (κ3) is 11.7. The Kier molecular flexibility index (Phi) is 12.5. The van der Waals surface area contributed by atoms with Gasteiger partial charge < -0.3 is 0 Å². The monoisotopic (exact) mass is 928 g/mol. The van der Waals surface area contributed by atoms with Crippen molar-refractivity contribution >= 4 is 37.1 Å². The van der Waals surface area contributed by atoms with Crippen molar-refractivity contribution in [1.82, 2.24) is 0 Å². The van der Waals surface area contributed by atoms with Gasteiger partial charge in [0, 0.05) is 5.90 Å². The van der Waals surface area contributed by atoms with Gasteiger partial charge in [-0.05, 0) is 110 Å². The Hall–Kier alpha value is -3.94. The van der Waals surface area contributed by atoms with Crippen LogP contribution < -0.4 is 21.2 Å². The Balaban J connectivity index is 2.29. The summed E-state index contributed by atoms with van der Waals surface area (Å²) >= 11 is 0. The average molecular weight is 928 g/mol. The molecular weight excluding hydrogens is 914 g/mol. The second kappa shape index (κ2) is 15.5.